The van der Waals surface area contributed by atoms with E-state index in [-0.39, 0.29) is 24.1 Å². The normalized spacial score (nSPS) is 12.2. The van der Waals surface area contributed by atoms with Crippen molar-refractivity contribution in [2.45, 2.75) is 39.8 Å². The summed E-state index contributed by atoms with van der Waals surface area (Å²) in [5.41, 5.74) is 2.39. The molecule has 0 unspecified atom stereocenters. The highest BCUT2D eigenvalue weighted by molar-refractivity contribution is 5.83. The van der Waals surface area contributed by atoms with Gasteiger partial charge in [-0.25, -0.2) is 9.36 Å². The molecule has 0 bridgehead atoms. The molecule has 3 heterocycles. The summed E-state index contributed by atoms with van der Waals surface area (Å²) in [7, 11) is 0. The van der Waals surface area contributed by atoms with Gasteiger partial charge in [0.15, 0.2) is 0 Å². The maximum atomic E-state index is 13.1. The number of para-hydroxylation sites is 1. The predicted octanol–water partition coefficient (Wildman–Crippen LogP) is 2.54. The van der Waals surface area contributed by atoms with E-state index in [0.29, 0.717) is 28.7 Å². The average molecular weight is 405 g/mol. The van der Waals surface area contributed by atoms with E-state index in [0.717, 1.165) is 11.4 Å². The maximum absolute atomic E-state index is 13.1. The van der Waals surface area contributed by atoms with Crippen LogP contribution < -0.4 is 10.9 Å². The molecule has 4 aromatic rings. The minimum Gasteiger partial charge on any atom is -0.469 e. The summed E-state index contributed by atoms with van der Waals surface area (Å²) in [5, 5.41) is 12.3. The quantitative estimate of drug-likeness (QED) is 0.532. The Hall–Kier alpha value is -3.68. The van der Waals surface area contributed by atoms with Crippen molar-refractivity contribution in [3.8, 4) is 5.69 Å². The van der Waals surface area contributed by atoms with Crippen LogP contribution >= 0.6 is 0 Å². The van der Waals surface area contributed by atoms with Crippen LogP contribution in [0.5, 0.6) is 0 Å². The van der Waals surface area contributed by atoms with Crippen LogP contribution in [0.1, 0.15) is 24.1 Å². The second-order valence-corrected chi connectivity index (χ2v) is 7.36. The Morgan fingerprint density at radius 3 is 2.60 bits per heavy atom. The third-order valence-electron chi connectivity index (χ3n) is 4.97. The predicted molar refractivity (Wildman–Crippen MR) is 113 cm³/mol. The number of carbonyl (C=O) groups is 1. The highest BCUT2D eigenvalue weighted by atomic mass is 16.3. The second kappa shape index (κ2) is 7.98. The summed E-state index contributed by atoms with van der Waals surface area (Å²) in [5.74, 6) is 0.509. The first-order valence-corrected chi connectivity index (χ1v) is 9.78. The number of amides is 1. The zero-order valence-corrected chi connectivity index (χ0v) is 17.1. The van der Waals surface area contributed by atoms with Crippen molar-refractivity contribution in [3.63, 3.8) is 0 Å². The molecule has 0 spiro atoms. The van der Waals surface area contributed by atoms with E-state index in [1.807, 2.05) is 56.3 Å². The first-order chi connectivity index (χ1) is 14.4. The molecule has 0 saturated heterocycles. The van der Waals surface area contributed by atoms with E-state index >= 15 is 0 Å². The van der Waals surface area contributed by atoms with Gasteiger partial charge < -0.3 is 9.73 Å². The number of hydrogen-bond acceptors (Lipinski definition) is 5. The lowest BCUT2D eigenvalue weighted by Crippen LogP contribution is -2.39. The van der Waals surface area contributed by atoms with Gasteiger partial charge in [0.2, 0.25) is 5.91 Å². The molecular weight excluding hydrogens is 382 g/mol. The molecule has 154 valence electrons. The topological polar surface area (TPSA) is 95.0 Å². The molecule has 1 amide bonds. The van der Waals surface area contributed by atoms with Crippen LogP contribution in [0.15, 0.2) is 57.9 Å². The number of hydrogen-bond donors (Lipinski definition) is 1. The zero-order chi connectivity index (χ0) is 21.3. The molecule has 0 aliphatic rings. The van der Waals surface area contributed by atoms with E-state index < -0.39 is 0 Å². The highest BCUT2D eigenvalue weighted by Gasteiger charge is 2.19. The van der Waals surface area contributed by atoms with E-state index in [4.69, 9.17) is 4.42 Å². The molecule has 0 radical (unpaired) electrons. The van der Waals surface area contributed by atoms with Crippen LogP contribution in [0.2, 0.25) is 0 Å². The summed E-state index contributed by atoms with van der Waals surface area (Å²) < 4.78 is 8.25. The average Bonchev–Trinajstić information content (AvgIpc) is 3.34. The van der Waals surface area contributed by atoms with Crippen molar-refractivity contribution >= 4 is 16.8 Å². The highest BCUT2D eigenvalue weighted by Crippen LogP contribution is 2.19. The van der Waals surface area contributed by atoms with E-state index in [9.17, 15) is 9.59 Å². The van der Waals surface area contributed by atoms with Crippen LogP contribution in [0.4, 0.5) is 0 Å². The Morgan fingerprint density at radius 1 is 1.13 bits per heavy atom. The Kier molecular flexibility index (Phi) is 5.22. The number of nitrogens with one attached hydrogen (secondary N) is 1. The molecule has 1 N–H and O–H groups in total. The fourth-order valence-corrected chi connectivity index (χ4v) is 3.58. The first-order valence-electron chi connectivity index (χ1n) is 9.78. The van der Waals surface area contributed by atoms with Gasteiger partial charge in [-0.1, -0.05) is 18.2 Å². The van der Waals surface area contributed by atoms with Crippen molar-refractivity contribution in [2.75, 3.05) is 0 Å². The van der Waals surface area contributed by atoms with Crippen LogP contribution in [0.25, 0.3) is 16.6 Å². The van der Waals surface area contributed by atoms with E-state index in [2.05, 4.69) is 15.5 Å². The van der Waals surface area contributed by atoms with Crippen molar-refractivity contribution in [3.05, 3.63) is 76.2 Å². The van der Waals surface area contributed by atoms with Gasteiger partial charge in [0.05, 0.1) is 28.7 Å². The van der Waals surface area contributed by atoms with Gasteiger partial charge >= 0.3 is 0 Å². The lowest BCUT2D eigenvalue weighted by molar-refractivity contribution is -0.122. The van der Waals surface area contributed by atoms with Gasteiger partial charge in [0.1, 0.15) is 17.8 Å². The number of carbonyl (C=O) groups excluding carboxylic acids is 1. The summed E-state index contributed by atoms with van der Waals surface area (Å²) in [6.45, 7) is 5.36. The maximum Gasteiger partial charge on any atom is 0.278 e. The van der Waals surface area contributed by atoms with Gasteiger partial charge in [-0.05, 0) is 45.0 Å². The Labute approximate surface area is 173 Å². The number of aryl methyl sites for hydroxylation is 2. The number of rotatable bonds is 6. The molecule has 4 rings (SSSR count). The molecule has 0 saturated carbocycles. The molecule has 1 aromatic carbocycles. The van der Waals surface area contributed by atoms with Crippen LogP contribution in [0, 0.1) is 13.8 Å². The van der Waals surface area contributed by atoms with Gasteiger partial charge in [0.25, 0.3) is 5.56 Å². The second-order valence-electron chi connectivity index (χ2n) is 7.36. The molecule has 3 aromatic heterocycles. The van der Waals surface area contributed by atoms with Crippen LogP contribution in [0.3, 0.4) is 0 Å². The lowest BCUT2D eigenvalue weighted by atomic mass is 10.2. The van der Waals surface area contributed by atoms with Crippen molar-refractivity contribution in [1.82, 2.24) is 24.9 Å². The SMILES string of the molecule is Cc1nn(CC(=O)N[C@@H](C)Cc2ccco2)c(=O)c2c(C)n(-c3ccccc3)nc12. The molecule has 0 aliphatic heterocycles. The van der Waals surface area contributed by atoms with Gasteiger partial charge in [0, 0.05) is 12.5 Å². The number of aromatic nitrogens is 4. The van der Waals surface area contributed by atoms with Crippen molar-refractivity contribution in [2.24, 2.45) is 0 Å². The lowest BCUT2D eigenvalue weighted by Gasteiger charge is -2.13. The zero-order valence-electron chi connectivity index (χ0n) is 17.1. The fourth-order valence-electron chi connectivity index (χ4n) is 3.58. The number of furan rings is 1. The fraction of sp³-hybridized carbons (Fsp3) is 0.273. The number of benzene rings is 1. The summed E-state index contributed by atoms with van der Waals surface area (Å²) in [4.78, 5) is 25.6. The molecular formula is C22H23N5O3. The van der Waals surface area contributed by atoms with Gasteiger partial charge in [-0.15, -0.1) is 0 Å². The third kappa shape index (κ3) is 3.76. The minimum absolute atomic E-state index is 0.133. The minimum atomic E-state index is -0.330. The van der Waals surface area contributed by atoms with Crippen LogP contribution in [-0.4, -0.2) is 31.5 Å². The summed E-state index contributed by atoms with van der Waals surface area (Å²) in [6.07, 6.45) is 2.17. The molecule has 1 atom stereocenters. The number of nitrogens with zero attached hydrogens (tertiary/aromatic N) is 4. The molecule has 0 fully saturated rings. The Morgan fingerprint density at radius 2 is 1.90 bits per heavy atom. The number of fused-ring (bicyclic) bond motifs is 1. The molecule has 30 heavy (non-hydrogen) atoms. The van der Waals surface area contributed by atoms with Crippen molar-refractivity contribution in [1.29, 1.82) is 0 Å². The van der Waals surface area contributed by atoms with Gasteiger partial charge in [-0.3, -0.25) is 9.59 Å². The Bertz CT molecular complexity index is 1240. The molecule has 8 nitrogen and oxygen atoms in total. The summed E-state index contributed by atoms with van der Waals surface area (Å²) in [6, 6.07) is 13.1. The first kappa shape index (κ1) is 19.6. The standard InChI is InChI=1S/C22H23N5O3/c1-14(12-18-10-7-11-30-18)23-19(28)13-26-22(29)20-16(3)27(17-8-5-4-6-9-17)25-21(20)15(2)24-26/h4-11,14H,12-13H2,1-3H3,(H,23,28)/t14-/m0/s1. The van der Waals surface area contributed by atoms with Crippen LogP contribution in [-0.2, 0) is 17.8 Å². The third-order valence-corrected chi connectivity index (χ3v) is 4.97. The van der Waals surface area contributed by atoms with Gasteiger partial charge in [-0.2, -0.15) is 10.2 Å². The smallest absolute Gasteiger partial charge is 0.278 e. The Balaban J connectivity index is 1.60. The van der Waals surface area contributed by atoms with E-state index in [1.165, 1.54) is 4.68 Å². The van der Waals surface area contributed by atoms with Crippen molar-refractivity contribution < 1.29 is 9.21 Å². The summed E-state index contributed by atoms with van der Waals surface area (Å²) >= 11 is 0. The monoisotopic (exact) mass is 405 g/mol. The molecule has 0 aliphatic carbocycles. The molecule has 8 heteroatoms. The largest absolute Gasteiger partial charge is 0.469 e. The van der Waals surface area contributed by atoms with E-state index in [1.54, 1.807) is 17.9 Å².